The lowest BCUT2D eigenvalue weighted by Crippen LogP contribution is -2.46. The van der Waals surface area contributed by atoms with Crippen molar-refractivity contribution in [2.75, 3.05) is 33.3 Å². The summed E-state index contributed by atoms with van der Waals surface area (Å²) >= 11 is 5.11. The minimum Gasteiger partial charge on any atom is -0.496 e. The number of rotatable bonds is 5. The van der Waals surface area contributed by atoms with Crippen LogP contribution in [0.3, 0.4) is 0 Å². The van der Waals surface area contributed by atoms with Crippen LogP contribution in [0.5, 0.6) is 5.75 Å². The van der Waals surface area contributed by atoms with E-state index in [1.165, 1.54) is 31.5 Å². The fourth-order valence-electron chi connectivity index (χ4n) is 3.03. The van der Waals surface area contributed by atoms with Crippen molar-refractivity contribution in [3.05, 3.63) is 29.3 Å². The third-order valence-electron chi connectivity index (χ3n) is 4.41. The van der Waals surface area contributed by atoms with Gasteiger partial charge in [0, 0.05) is 38.8 Å². The first-order valence-electron chi connectivity index (χ1n) is 7.60. The highest BCUT2D eigenvalue weighted by atomic mass is 32.1. The van der Waals surface area contributed by atoms with E-state index in [4.69, 9.17) is 22.7 Å². The predicted molar refractivity (Wildman–Crippen MR) is 88.8 cm³/mol. The Balaban J connectivity index is 1.62. The zero-order valence-corrected chi connectivity index (χ0v) is 13.4. The van der Waals surface area contributed by atoms with Crippen LogP contribution in [-0.4, -0.2) is 54.1 Å². The molecular weight excluding hydrogens is 282 g/mol. The molecule has 1 aliphatic carbocycles. The molecule has 1 aromatic carbocycles. The van der Waals surface area contributed by atoms with Crippen molar-refractivity contribution in [1.82, 2.24) is 9.80 Å². The molecule has 4 nitrogen and oxygen atoms in total. The van der Waals surface area contributed by atoms with E-state index in [1.807, 2.05) is 6.07 Å². The van der Waals surface area contributed by atoms with Crippen molar-refractivity contribution in [1.29, 1.82) is 0 Å². The lowest BCUT2D eigenvalue weighted by atomic mass is 10.1. The Labute approximate surface area is 131 Å². The van der Waals surface area contributed by atoms with Crippen molar-refractivity contribution in [2.45, 2.75) is 25.4 Å². The SMILES string of the molecule is COc1ccc(CN2CCN(C3CC3)CC2)cc1C(N)=S. The third-order valence-corrected chi connectivity index (χ3v) is 4.63. The number of thiocarbonyl (C=S) groups is 1. The lowest BCUT2D eigenvalue weighted by Gasteiger charge is -2.34. The predicted octanol–water partition coefficient (Wildman–Crippen LogP) is 1.61. The van der Waals surface area contributed by atoms with Gasteiger partial charge < -0.3 is 10.5 Å². The van der Waals surface area contributed by atoms with E-state index in [9.17, 15) is 0 Å². The van der Waals surface area contributed by atoms with Gasteiger partial charge in [-0.05, 0) is 30.5 Å². The molecule has 1 aromatic rings. The van der Waals surface area contributed by atoms with Gasteiger partial charge in [-0.2, -0.15) is 0 Å². The van der Waals surface area contributed by atoms with Gasteiger partial charge in [-0.1, -0.05) is 18.3 Å². The summed E-state index contributed by atoms with van der Waals surface area (Å²) in [4.78, 5) is 5.53. The Morgan fingerprint density at radius 3 is 2.57 bits per heavy atom. The largest absolute Gasteiger partial charge is 0.496 e. The average Bonchev–Trinajstić information content (AvgIpc) is 3.32. The average molecular weight is 305 g/mol. The van der Waals surface area contributed by atoms with Crippen LogP contribution in [-0.2, 0) is 6.54 Å². The standard InChI is InChI=1S/C16H23N3OS/c1-20-15-5-2-12(10-14(15)16(17)21)11-18-6-8-19(9-7-18)13-3-4-13/h2,5,10,13H,3-4,6-9,11H2,1H3,(H2,17,21). The Hall–Kier alpha value is -1.17. The number of methoxy groups -OCH3 is 1. The first-order chi connectivity index (χ1) is 10.2. The molecule has 2 N–H and O–H groups in total. The van der Waals surface area contributed by atoms with E-state index < -0.39 is 0 Å². The summed E-state index contributed by atoms with van der Waals surface area (Å²) in [5.74, 6) is 0.754. The van der Waals surface area contributed by atoms with Crippen molar-refractivity contribution in [2.24, 2.45) is 5.73 Å². The third kappa shape index (κ3) is 3.54. The highest BCUT2D eigenvalue weighted by molar-refractivity contribution is 7.80. The molecule has 0 aromatic heterocycles. The molecule has 0 spiro atoms. The number of ether oxygens (including phenoxy) is 1. The van der Waals surface area contributed by atoms with Crippen LogP contribution in [0.1, 0.15) is 24.0 Å². The summed E-state index contributed by atoms with van der Waals surface area (Å²) in [5, 5.41) is 0. The smallest absolute Gasteiger partial charge is 0.129 e. The van der Waals surface area contributed by atoms with Gasteiger partial charge >= 0.3 is 0 Å². The van der Waals surface area contributed by atoms with E-state index >= 15 is 0 Å². The molecule has 0 unspecified atom stereocenters. The van der Waals surface area contributed by atoms with E-state index in [0.29, 0.717) is 4.99 Å². The second kappa shape index (κ2) is 6.30. The minimum atomic E-state index is 0.396. The van der Waals surface area contributed by atoms with Gasteiger partial charge in [0.15, 0.2) is 0 Å². The number of hydrogen-bond donors (Lipinski definition) is 1. The summed E-state index contributed by atoms with van der Waals surface area (Å²) in [6.45, 7) is 5.64. The summed E-state index contributed by atoms with van der Waals surface area (Å²) in [5.41, 5.74) is 7.87. The van der Waals surface area contributed by atoms with Crippen molar-refractivity contribution in [3.8, 4) is 5.75 Å². The van der Waals surface area contributed by atoms with Gasteiger partial charge in [-0.15, -0.1) is 0 Å². The molecule has 114 valence electrons. The van der Waals surface area contributed by atoms with E-state index in [-0.39, 0.29) is 0 Å². The van der Waals surface area contributed by atoms with Gasteiger partial charge in [0.25, 0.3) is 0 Å². The second-order valence-electron chi connectivity index (χ2n) is 5.94. The van der Waals surface area contributed by atoms with Gasteiger partial charge in [0.2, 0.25) is 0 Å². The normalized spacial score (nSPS) is 20.4. The molecule has 0 radical (unpaired) electrons. The number of benzene rings is 1. The van der Waals surface area contributed by atoms with Crippen LogP contribution < -0.4 is 10.5 Å². The second-order valence-corrected chi connectivity index (χ2v) is 6.38. The van der Waals surface area contributed by atoms with Crippen molar-refractivity contribution >= 4 is 17.2 Å². The molecule has 1 saturated heterocycles. The highest BCUT2D eigenvalue weighted by Crippen LogP contribution is 2.28. The molecule has 1 aliphatic heterocycles. The molecule has 2 fully saturated rings. The Bertz CT molecular complexity index is 522. The molecule has 0 amide bonds. The molecule has 0 atom stereocenters. The molecule has 3 rings (SSSR count). The minimum absolute atomic E-state index is 0.396. The maximum absolute atomic E-state index is 5.78. The zero-order valence-electron chi connectivity index (χ0n) is 12.5. The van der Waals surface area contributed by atoms with Crippen LogP contribution in [0.2, 0.25) is 0 Å². The maximum atomic E-state index is 5.78. The van der Waals surface area contributed by atoms with Gasteiger partial charge in [-0.25, -0.2) is 0 Å². The molecule has 1 heterocycles. The van der Waals surface area contributed by atoms with E-state index in [1.54, 1.807) is 7.11 Å². The van der Waals surface area contributed by atoms with Crippen LogP contribution >= 0.6 is 12.2 Å². The quantitative estimate of drug-likeness (QED) is 0.837. The Kier molecular flexibility index (Phi) is 4.42. The lowest BCUT2D eigenvalue weighted by molar-refractivity contribution is 0.121. The molecule has 0 bridgehead atoms. The fourth-order valence-corrected chi connectivity index (χ4v) is 3.19. The van der Waals surface area contributed by atoms with Gasteiger partial charge in [0.05, 0.1) is 12.7 Å². The molecule has 1 saturated carbocycles. The topological polar surface area (TPSA) is 41.7 Å². The number of nitrogens with zero attached hydrogens (tertiary/aromatic N) is 2. The summed E-state index contributed by atoms with van der Waals surface area (Å²) in [7, 11) is 1.65. The monoisotopic (exact) mass is 305 g/mol. The summed E-state index contributed by atoms with van der Waals surface area (Å²) in [6.07, 6.45) is 2.80. The first-order valence-corrected chi connectivity index (χ1v) is 8.01. The van der Waals surface area contributed by atoms with Crippen LogP contribution in [0.25, 0.3) is 0 Å². The summed E-state index contributed by atoms with van der Waals surface area (Å²) in [6, 6.07) is 7.02. The number of nitrogens with two attached hydrogens (primary N) is 1. The Morgan fingerprint density at radius 1 is 1.29 bits per heavy atom. The zero-order chi connectivity index (χ0) is 14.8. The maximum Gasteiger partial charge on any atom is 0.129 e. The molecular formula is C16H23N3OS. The number of piperazine rings is 1. The van der Waals surface area contributed by atoms with Crippen molar-refractivity contribution in [3.63, 3.8) is 0 Å². The Morgan fingerprint density at radius 2 is 2.00 bits per heavy atom. The van der Waals surface area contributed by atoms with Gasteiger partial charge in [-0.3, -0.25) is 9.80 Å². The van der Waals surface area contributed by atoms with Crippen molar-refractivity contribution < 1.29 is 4.74 Å². The summed E-state index contributed by atoms with van der Waals surface area (Å²) < 4.78 is 5.31. The molecule has 5 heteroatoms. The van der Waals surface area contributed by atoms with E-state index in [0.717, 1.165) is 37.0 Å². The van der Waals surface area contributed by atoms with Crippen LogP contribution in [0.4, 0.5) is 0 Å². The molecule has 2 aliphatic rings. The van der Waals surface area contributed by atoms with Gasteiger partial charge in [0.1, 0.15) is 10.7 Å². The highest BCUT2D eigenvalue weighted by Gasteiger charge is 2.31. The first kappa shape index (κ1) is 14.8. The van der Waals surface area contributed by atoms with Crippen LogP contribution in [0, 0.1) is 0 Å². The number of hydrogen-bond acceptors (Lipinski definition) is 4. The van der Waals surface area contributed by atoms with Crippen LogP contribution in [0.15, 0.2) is 18.2 Å². The fraction of sp³-hybridized carbons (Fsp3) is 0.562. The van der Waals surface area contributed by atoms with E-state index in [2.05, 4.69) is 21.9 Å². The molecule has 21 heavy (non-hydrogen) atoms.